The van der Waals surface area contributed by atoms with Crippen LogP contribution in [-0.4, -0.2) is 23.2 Å². The second-order valence-corrected chi connectivity index (χ2v) is 4.74. The average Bonchev–Trinajstić information content (AvgIpc) is 2.59. The largest absolute Gasteiger partial charge is 0.478 e. The van der Waals surface area contributed by atoms with E-state index in [9.17, 15) is 5.11 Å². The van der Waals surface area contributed by atoms with Crippen molar-refractivity contribution in [3.63, 3.8) is 0 Å². The van der Waals surface area contributed by atoms with Gasteiger partial charge in [0, 0.05) is 0 Å². The first-order chi connectivity index (χ1) is 7.57. The number of aliphatic hydroxyl groups is 1. The summed E-state index contributed by atoms with van der Waals surface area (Å²) in [5.41, 5.74) is 0.754. The molecule has 0 amide bonds. The maximum atomic E-state index is 9.99. The maximum absolute atomic E-state index is 9.99. The van der Waals surface area contributed by atoms with E-state index in [2.05, 4.69) is 4.99 Å². The molecule has 1 heterocycles. The average molecular weight is 219 g/mol. The second kappa shape index (κ2) is 4.26. The van der Waals surface area contributed by atoms with E-state index in [4.69, 9.17) is 4.74 Å². The van der Waals surface area contributed by atoms with Crippen molar-refractivity contribution >= 4 is 5.90 Å². The van der Waals surface area contributed by atoms with Crippen LogP contribution in [0, 0.1) is 0 Å². The number of rotatable bonds is 3. The number of aliphatic imine (C=N–C) groups is 1. The van der Waals surface area contributed by atoms with Crippen LogP contribution in [0.4, 0.5) is 0 Å². The fraction of sp³-hybridized carbons (Fsp3) is 0.462. The van der Waals surface area contributed by atoms with E-state index >= 15 is 0 Å². The maximum Gasteiger partial charge on any atom is 0.186 e. The smallest absolute Gasteiger partial charge is 0.186 e. The fourth-order valence-electron chi connectivity index (χ4n) is 1.73. The van der Waals surface area contributed by atoms with Crippen LogP contribution in [0.2, 0.25) is 0 Å². The van der Waals surface area contributed by atoms with Gasteiger partial charge in [-0.15, -0.1) is 0 Å². The molecule has 1 N–H and O–H groups in total. The lowest BCUT2D eigenvalue weighted by Gasteiger charge is -2.10. The molecule has 3 heteroatoms. The van der Waals surface area contributed by atoms with E-state index in [1.54, 1.807) is 0 Å². The Morgan fingerprint density at radius 2 is 2.06 bits per heavy atom. The molecule has 0 saturated heterocycles. The molecule has 0 bridgehead atoms. The standard InChI is InChI=1S/C13H17NO2/c1-13(2)9-16-12(14-13)8-11(15)10-6-4-3-5-7-10/h3-7,11,15H,8-9H2,1-2H3. The van der Waals surface area contributed by atoms with Crippen LogP contribution in [0.25, 0.3) is 0 Å². The first-order valence-corrected chi connectivity index (χ1v) is 5.51. The molecule has 1 unspecified atom stereocenters. The molecule has 0 radical (unpaired) electrons. The van der Waals surface area contributed by atoms with Crippen LogP contribution in [-0.2, 0) is 4.74 Å². The summed E-state index contributed by atoms with van der Waals surface area (Å²) in [7, 11) is 0. The van der Waals surface area contributed by atoms with Crippen LogP contribution < -0.4 is 0 Å². The van der Waals surface area contributed by atoms with E-state index in [1.807, 2.05) is 44.2 Å². The molecule has 0 saturated carbocycles. The molecule has 1 atom stereocenters. The van der Waals surface area contributed by atoms with Gasteiger partial charge in [-0.25, -0.2) is 4.99 Å². The highest BCUT2D eigenvalue weighted by Gasteiger charge is 2.27. The molecular formula is C13H17NO2. The Morgan fingerprint density at radius 1 is 1.38 bits per heavy atom. The minimum absolute atomic E-state index is 0.147. The van der Waals surface area contributed by atoms with Crippen molar-refractivity contribution in [1.29, 1.82) is 0 Å². The van der Waals surface area contributed by atoms with Gasteiger partial charge in [0.2, 0.25) is 0 Å². The van der Waals surface area contributed by atoms with Gasteiger partial charge in [0.25, 0.3) is 0 Å². The lowest BCUT2D eigenvalue weighted by atomic mass is 10.1. The summed E-state index contributed by atoms with van der Waals surface area (Å²) < 4.78 is 5.45. The SMILES string of the molecule is CC1(C)COC(CC(O)c2ccccc2)=N1. The first-order valence-electron chi connectivity index (χ1n) is 5.51. The molecule has 3 nitrogen and oxygen atoms in total. The van der Waals surface area contributed by atoms with Crippen molar-refractivity contribution in [2.75, 3.05) is 6.61 Å². The molecule has 1 aromatic rings. The molecule has 2 rings (SSSR count). The molecule has 0 fully saturated rings. The Morgan fingerprint density at radius 3 is 2.62 bits per heavy atom. The zero-order valence-corrected chi connectivity index (χ0v) is 9.68. The fourth-order valence-corrected chi connectivity index (χ4v) is 1.73. The van der Waals surface area contributed by atoms with Crippen LogP contribution in [0.5, 0.6) is 0 Å². The summed E-state index contributed by atoms with van der Waals surface area (Å²) in [5, 5.41) is 9.99. The highest BCUT2D eigenvalue weighted by atomic mass is 16.5. The third-order valence-corrected chi connectivity index (χ3v) is 2.57. The third-order valence-electron chi connectivity index (χ3n) is 2.57. The highest BCUT2D eigenvalue weighted by Crippen LogP contribution is 2.23. The van der Waals surface area contributed by atoms with E-state index in [0.717, 1.165) is 5.56 Å². The van der Waals surface area contributed by atoms with Crippen molar-refractivity contribution in [2.45, 2.75) is 31.9 Å². The van der Waals surface area contributed by atoms with Crippen molar-refractivity contribution in [1.82, 2.24) is 0 Å². The summed E-state index contributed by atoms with van der Waals surface area (Å²) in [4.78, 5) is 4.42. The van der Waals surface area contributed by atoms with E-state index < -0.39 is 6.10 Å². The molecule has 0 aliphatic carbocycles. The van der Waals surface area contributed by atoms with Crippen molar-refractivity contribution in [3.05, 3.63) is 35.9 Å². The summed E-state index contributed by atoms with van der Waals surface area (Å²) in [5.74, 6) is 0.654. The second-order valence-electron chi connectivity index (χ2n) is 4.74. The molecule has 1 aliphatic heterocycles. The first kappa shape index (κ1) is 11.1. The topological polar surface area (TPSA) is 41.8 Å². The molecular weight excluding hydrogens is 202 g/mol. The van der Waals surface area contributed by atoms with Crippen LogP contribution in [0.1, 0.15) is 31.9 Å². The Balaban J connectivity index is 2.01. The van der Waals surface area contributed by atoms with Gasteiger partial charge in [0.15, 0.2) is 5.90 Å². The molecule has 16 heavy (non-hydrogen) atoms. The van der Waals surface area contributed by atoms with Gasteiger partial charge in [-0.2, -0.15) is 0 Å². The lowest BCUT2D eigenvalue weighted by molar-refractivity contribution is 0.174. The number of ether oxygens (including phenoxy) is 1. The van der Waals surface area contributed by atoms with Gasteiger partial charge in [-0.1, -0.05) is 30.3 Å². The predicted molar refractivity (Wildman–Crippen MR) is 63.5 cm³/mol. The lowest BCUT2D eigenvalue weighted by Crippen LogP contribution is -2.17. The van der Waals surface area contributed by atoms with E-state index in [0.29, 0.717) is 18.9 Å². The normalized spacial score (nSPS) is 20.1. The van der Waals surface area contributed by atoms with Crippen molar-refractivity contribution < 1.29 is 9.84 Å². The van der Waals surface area contributed by atoms with Crippen molar-refractivity contribution in [3.8, 4) is 0 Å². The number of benzene rings is 1. The van der Waals surface area contributed by atoms with Gasteiger partial charge in [0.1, 0.15) is 6.61 Å². The highest BCUT2D eigenvalue weighted by molar-refractivity contribution is 5.78. The monoisotopic (exact) mass is 219 g/mol. The summed E-state index contributed by atoms with van der Waals surface area (Å²) >= 11 is 0. The predicted octanol–water partition coefficient (Wildman–Crippen LogP) is 2.32. The number of aliphatic hydroxyl groups excluding tert-OH is 1. The van der Waals surface area contributed by atoms with Gasteiger partial charge in [-0.3, -0.25) is 0 Å². The number of hydrogen-bond donors (Lipinski definition) is 1. The van der Waals surface area contributed by atoms with Gasteiger partial charge < -0.3 is 9.84 Å². The zero-order chi connectivity index (χ0) is 11.6. The summed E-state index contributed by atoms with van der Waals surface area (Å²) in [6.45, 7) is 4.65. The minimum Gasteiger partial charge on any atom is -0.478 e. The van der Waals surface area contributed by atoms with E-state index in [1.165, 1.54) is 0 Å². The number of nitrogens with zero attached hydrogens (tertiary/aromatic N) is 1. The Kier molecular flexibility index (Phi) is 2.97. The molecule has 1 aromatic carbocycles. The van der Waals surface area contributed by atoms with Gasteiger partial charge >= 0.3 is 0 Å². The minimum atomic E-state index is -0.533. The van der Waals surface area contributed by atoms with Crippen molar-refractivity contribution in [2.24, 2.45) is 4.99 Å². The van der Waals surface area contributed by atoms with Crippen LogP contribution >= 0.6 is 0 Å². The zero-order valence-electron chi connectivity index (χ0n) is 9.68. The summed E-state index contributed by atoms with van der Waals surface area (Å²) in [6, 6.07) is 9.58. The molecule has 0 spiro atoms. The van der Waals surface area contributed by atoms with Gasteiger partial charge in [-0.05, 0) is 19.4 Å². The summed E-state index contributed by atoms with van der Waals surface area (Å²) in [6.07, 6.45) is -0.0816. The Labute approximate surface area is 95.8 Å². The van der Waals surface area contributed by atoms with Crippen LogP contribution in [0.3, 0.4) is 0 Å². The Bertz CT molecular complexity index is 384. The Hall–Kier alpha value is -1.35. The quantitative estimate of drug-likeness (QED) is 0.847. The molecule has 1 aliphatic rings. The van der Waals surface area contributed by atoms with Crippen LogP contribution in [0.15, 0.2) is 35.3 Å². The third kappa shape index (κ3) is 2.61. The number of hydrogen-bond acceptors (Lipinski definition) is 3. The molecule has 86 valence electrons. The van der Waals surface area contributed by atoms with Gasteiger partial charge in [0.05, 0.1) is 18.1 Å². The molecule has 0 aromatic heterocycles. The van der Waals surface area contributed by atoms with E-state index in [-0.39, 0.29) is 5.54 Å².